The molecule has 1 fully saturated rings. The van der Waals surface area contributed by atoms with E-state index in [0.717, 1.165) is 27.8 Å². The van der Waals surface area contributed by atoms with E-state index in [4.69, 9.17) is 10.5 Å². The van der Waals surface area contributed by atoms with Gasteiger partial charge in [-0.2, -0.15) is 0 Å². The second-order valence-corrected chi connectivity index (χ2v) is 10.5. The molecule has 8 nitrogen and oxygen atoms in total. The number of nitrogens with two attached hydrogens (primary N) is 1. The highest BCUT2D eigenvalue weighted by Gasteiger charge is 2.35. The van der Waals surface area contributed by atoms with Crippen molar-refractivity contribution in [3.8, 4) is 28.0 Å². The number of anilines is 1. The summed E-state index contributed by atoms with van der Waals surface area (Å²) in [4.78, 5) is 30.5. The zero-order valence-corrected chi connectivity index (χ0v) is 23.9. The number of amides is 3. The van der Waals surface area contributed by atoms with Crippen molar-refractivity contribution in [1.29, 1.82) is 0 Å². The van der Waals surface area contributed by atoms with E-state index in [9.17, 15) is 22.8 Å². The van der Waals surface area contributed by atoms with Crippen LogP contribution in [0.15, 0.2) is 85.1 Å². The maximum absolute atomic E-state index is 13.7. The zero-order valence-electron chi connectivity index (χ0n) is 23.9. The second-order valence-electron chi connectivity index (χ2n) is 10.5. The zero-order chi connectivity index (χ0) is 31.1. The van der Waals surface area contributed by atoms with Gasteiger partial charge in [-0.15, -0.1) is 0 Å². The summed E-state index contributed by atoms with van der Waals surface area (Å²) in [5.41, 5.74) is 9.94. The van der Waals surface area contributed by atoms with Gasteiger partial charge in [-0.25, -0.2) is 22.9 Å². The standard InChI is InChI=1S/C33H32F3N5O3/c34-27-9-6-24(7-10-27)28-19-26(23-2-4-25(5-3-23)31(42)41-16-13-33(35,36)14-17-41)8-11-29(28)44-18-15-38-32(43)40-21-22-1-12-30(37)39-20-22/h1-12,19-20H,13-18,21H2,(H2,37,39)(H2,38,40,43). The Morgan fingerprint density at radius 2 is 1.57 bits per heavy atom. The van der Waals surface area contributed by atoms with Gasteiger partial charge in [0.05, 0.1) is 6.54 Å². The number of ether oxygens (including phenoxy) is 1. The van der Waals surface area contributed by atoms with Crippen LogP contribution in [0.5, 0.6) is 5.75 Å². The molecule has 0 atom stereocenters. The number of nitrogens with zero attached hydrogens (tertiary/aromatic N) is 2. The summed E-state index contributed by atoms with van der Waals surface area (Å²) in [7, 11) is 0. The molecule has 11 heteroatoms. The topological polar surface area (TPSA) is 110 Å². The average molecular weight is 604 g/mol. The molecule has 0 unspecified atom stereocenters. The number of nitrogens with one attached hydrogen (secondary N) is 2. The summed E-state index contributed by atoms with van der Waals surface area (Å²) < 4.78 is 46.7. The maximum atomic E-state index is 13.7. The number of hydrogen-bond donors (Lipinski definition) is 3. The molecule has 4 aromatic rings. The van der Waals surface area contributed by atoms with Crippen molar-refractivity contribution in [3.63, 3.8) is 0 Å². The van der Waals surface area contributed by atoms with Crippen molar-refractivity contribution in [3.05, 3.63) is 102 Å². The van der Waals surface area contributed by atoms with Crippen molar-refractivity contribution >= 4 is 17.8 Å². The number of likely N-dealkylation sites (tertiary alicyclic amines) is 1. The number of benzene rings is 3. The van der Waals surface area contributed by atoms with Crippen LogP contribution in [0, 0.1) is 5.82 Å². The molecule has 3 aromatic carbocycles. The van der Waals surface area contributed by atoms with Crippen LogP contribution in [0.25, 0.3) is 22.3 Å². The van der Waals surface area contributed by atoms with Gasteiger partial charge in [-0.05, 0) is 64.7 Å². The number of pyridine rings is 1. The number of alkyl halides is 2. The van der Waals surface area contributed by atoms with E-state index in [1.165, 1.54) is 17.0 Å². The van der Waals surface area contributed by atoms with Gasteiger partial charge in [0.2, 0.25) is 0 Å². The van der Waals surface area contributed by atoms with E-state index < -0.39 is 5.92 Å². The minimum absolute atomic E-state index is 0.0254. The third-order valence-corrected chi connectivity index (χ3v) is 7.33. The van der Waals surface area contributed by atoms with Crippen LogP contribution in [-0.4, -0.2) is 54.0 Å². The molecule has 4 N–H and O–H groups in total. The Bertz CT molecular complexity index is 1590. The number of nitrogen functional groups attached to an aromatic ring is 1. The van der Waals surface area contributed by atoms with Crippen LogP contribution in [0.3, 0.4) is 0 Å². The third kappa shape index (κ3) is 7.85. The van der Waals surface area contributed by atoms with Gasteiger partial charge >= 0.3 is 6.03 Å². The van der Waals surface area contributed by atoms with Gasteiger partial charge in [0.15, 0.2) is 0 Å². The highest BCUT2D eigenvalue weighted by atomic mass is 19.3. The SMILES string of the molecule is Nc1ccc(CNC(=O)NCCOc2ccc(-c3ccc(C(=O)N4CCC(F)(F)CC4)cc3)cc2-c2ccc(F)cc2)cn1. The molecule has 1 saturated heterocycles. The number of hydrogen-bond acceptors (Lipinski definition) is 5. The second kappa shape index (κ2) is 13.5. The Kier molecular flexibility index (Phi) is 9.32. The Hall–Kier alpha value is -5.06. The maximum Gasteiger partial charge on any atom is 0.315 e. The molecule has 0 bridgehead atoms. The van der Waals surface area contributed by atoms with E-state index in [1.807, 2.05) is 12.1 Å². The average Bonchev–Trinajstić information content (AvgIpc) is 3.03. The summed E-state index contributed by atoms with van der Waals surface area (Å²) >= 11 is 0. The molecule has 5 rings (SSSR count). The highest BCUT2D eigenvalue weighted by Crippen LogP contribution is 2.35. The van der Waals surface area contributed by atoms with Crippen LogP contribution in [0.2, 0.25) is 0 Å². The fraction of sp³-hybridized carbons (Fsp3) is 0.242. The van der Waals surface area contributed by atoms with Gasteiger partial charge in [0.1, 0.15) is 24.0 Å². The first-order valence-corrected chi connectivity index (χ1v) is 14.2. The smallest absolute Gasteiger partial charge is 0.315 e. The van der Waals surface area contributed by atoms with Gasteiger partial charge in [0, 0.05) is 49.8 Å². The predicted molar refractivity (Wildman–Crippen MR) is 162 cm³/mol. The third-order valence-electron chi connectivity index (χ3n) is 7.33. The lowest BCUT2D eigenvalue weighted by Crippen LogP contribution is -2.42. The van der Waals surface area contributed by atoms with Crippen LogP contribution < -0.4 is 21.1 Å². The number of aromatic nitrogens is 1. The molecule has 44 heavy (non-hydrogen) atoms. The summed E-state index contributed by atoms with van der Waals surface area (Å²) in [6.45, 7) is 0.766. The molecular weight excluding hydrogens is 571 g/mol. The molecule has 0 radical (unpaired) electrons. The highest BCUT2D eigenvalue weighted by molar-refractivity contribution is 5.95. The van der Waals surface area contributed by atoms with Crippen molar-refractivity contribution in [2.45, 2.75) is 25.3 Å². The number of urea groups is 1. The van der Waals surface area contributed by atoms with Crippen LogP contribution in [0.4, 0.5) is 23.8 Å². The molecule has 2 heterocycles. The van der Waals surface area contributed by atoms with Gasteiger partial charge < -0.3 is 26.0 Å². The van der Waals surface area contributed by atoms with Crippen molar-refractivity contribution in [1.82, 2.24) is 20.5 Å². The molecule has 0 aliphatic carbocycles. The summed E-state index contributed by atoms with van der Waals surface area (Å²) in [5.74, 6) is -2.41. The molecule has 0 spiro atoms. The minimum atomic E-state index is -2.72. The fourth-order valence-corrected chi connectivity index (χ4v) is 4.83. The minimum Gasteiger partial charge on any atom is -0.491 e. The Labute approximate surface area is 253 Å². The normalized spacial score (nSPS) is 14.1. The molecule has 1 aromatic heterocycles. The van der Waals surface area contributed by atoms with Crippen LogP contribution in [-0.2, 0) is 6.54 Å². The number of carbonyl (C=O) groups is 2. The van der Waals surface area contributed by atoms with E-state index in [0.29, 0.717) is 23.7 Å². The monoisotopic (exact) mass is 603 g/mol. The van der Waals surface area contributed by atoms with Crippen molar-refractivity contribution in [2.24, 2.45) is 0 Å². The summed E-state index contributed by atoms with van der Waals surface area (Å²) in [6, 6.07) is 21.7. The first-order valence-electron chi connectivity index (χ1n) is 14.2. The van der Waals surface area contributed by atoms with Crippen molar-refractivity contribution in [2.75, 3.05) is 32.0 Å². The van der Waals surface area contributed by atoms with Crippen LogP contribution in [0.1, 0.15) is 28.8 Å². The molecule has 228 valence electrons. The van der Waals surface area contributed by atoms with Crippen LogP contribution >= 0.6 is 0 Å². The Morgan fingerprint density at radius 3 is 2.25 bits per heavy atom. The number of rotatable bonds is 9. The fourth-order valence-electron chi connectivity index (χ4n) is 4.83. The van der Waals surface area contributed by atoms with E-state index >= 15 is 0 Å². The Morgan fingerprint density at radius 1 is 0.886 bits per heavy atom. The van der Waals surface area contributed by atoms with E-state index in [-0.39, 0.29) is 56.8 Å². The van der Waals surface area contributed by atoms with Gasteiger partial charge in [-0.1, -0.05) is 36.4 Å². The predicted octanol–water partition coefficient (Wildman–Crippen LogP) is 5.89. The van der Waals surface area contributed by atoms with E-state index in [2.05, 4.69) is 15.6 Å². The largest absolute Gasteiger partial charge is 0.491 e. The lowest BCUT2D eigenvalue weighted by atomic mass is 9.97. The first kappa shape index (κ1) is 30.4. The van der Waals surface area contributed by atoms with Gasteiger partial charge in [-0.3, -0.25) is 4.79 Å². The lowest BCUT2D eigenvalue weighted by molar-refractivity contribution is -0.0494. The van der Waals surface area contributed by atoms with E-state index in [1.54, 1.807) is 60.8 Å². The number of piperidine rings is 1. The molecule has 3 amide bonds. The number of halogens is 3. The molecular formula is C33H32F3N5O3. The Balaban J connectivity index is 1.23. The van der Waals surface area contributed by atoms with Crippen molar-refractivity contribution < 1.29 is 27.5 Å². The summed E-state index contributed by atoms with van der Waals surface area (Å²) in [6.07, 6.45) is 0.931. The molecule has 0 saturated carbocycles. The summed E-state index contributed by atoms with van der Waals surface area (Å²) in [5, 5.41) is 5.48. The lowest BCUT2D eigenvalue weighted by Gasteiger charge is -2.31. The quantitative estimate of drug-likeness (QED) is 0.207. The molecule has 1 aliphatic rings. The van der Waals surface area contributed by atoms with Gasteiger partial charge in [0.25, 0.3) is 11.8 Å². The molecule has 1 aliphatic heterocycles. The first-order chi connectivity index (χ1) is 21.2. The number of carbonyl (C=O) groups excluding carboxylic acids is 2.